The Hall–Kier alpha value is -3.27. The summed E-state index contributed by atoms with van der Waals surface area (Å²) in [6, 6.07) is 7.66. The smallest absolute Gasteiger partial charge is 0.355 e. The van der Waals surface area contributed by atoms with Crippen molar-refractivity contribution < 1.29 is 23.8 Å². The second-order valence-electron chi connectivity index (χ2n) is 7.40. The van der Waals surface area contributed by atoms with Crippen LogP contribution in [0.15, 0.2) is 65.3 Å². The minimum absolute atomic E-state index is 0.0872. The molecule has 1 aromatic carbocycles. The molecule has 1 saturated heterocycles. The van der Waals surface area contributed by atoms with Crippen molar-refractivity contribution in [2.75, 3.05) is 45.4 Å². The molecule has 2 aromatic rings. The first-order chi connectivity index (χ1) is 16.1. The molecule has 0 N–H and O–H groups in total. The Morgan fingerprint density at radius 1 is 1.06 bits per heavy atom. The number of hydrogen-bond acceptors (Lipinski definition) is 9. The average Bonchev–Trinajstić information content (AvgIpc) is 3.20. The molecule has 33 heavy (non-hydrogen) atoms. The number of hydrogen-bond donors (Lipinski definition) is 0. The van der Waals surface area contributed by atoms with E-state index in [0.717, 1.165) is 49.1 Å². The summed E-state index contributed by atoms with van der Waals surface area (Å²) < 4.78 is 15.2. The second-order valence-corrected chi connectivity index (χ2v) is 8.25. The van der Waals surface area contributed by atoms with Gasteiger partial charge in [0, 0.05) is 42.5 Å². The fourth-order valence-electron chi connectivity index (χ4n) is 3.63. The number of ether oxygens (including phenoxy) is 3. The molecule has 0 amide bonds. The summed E-state index contributed by atoms with van der Waals surface area (Å²) in [7, 11) is 2.55. The quantitative estimate of drug-likeness (QED) is 0.600. The molecule has 1 fully saturated rings. The highest BCUT2D eigenvalue weighted by Crippen LogP contribution is 2.30. The predicted octanol–water partition coefficient (Wildman–Crippen LogP) is 3.13. The van der Waals surface area contributed by atoms with Crippen molar-refractivity contribution in [1.82, 2.24) is 9.88 Å². The van der Waals surface area contributed by atoms with Crippen LogP contribution in [0.5, 0.6) is 0 Å². The molecule has 0 atom stereocenters. The first kappa shape index (κ1) is 22.9. The number of benzene rings is 1. The van der Waals surface area contributed by atoms with E-state index >= 15 is 0 Å². The van der Waals surface area contributed by atoms with Crippen LogP contribution in [-0.4, -0.2) is 62.3 Å². The number of nitrogens with zero attached hydrogens (tertiary/aromatic N) is 3. The van der Waals surface area contributed by atoms with E-state index in [4.69, 9.17) is 19.2 Å². The number of allylic oxidation sites excluding steroid dienone is 2. The number of carbonyl (C=O) groups is 2. The van der Waals surface area contributed by atoms with Crippen molar-refractivity contribution in [3.05, 3.63) is 71.0 Å². The van der Waals surface area contributed by atoms with Crippen molar-refractivity contribution in [3.8, 4) is 10.6 Å². The molecular weight excluding hydrogens is 442 g/mol. The van der Waals surface area contributed by atoms with E-state index in [0.29, 0.717) is 5.69 Å². The lowest BCUT2D eigenvalue weighted by molar-refractivity contribution is -0.139. The van der Waals surface area contributed by atoms with Gasteiger partial charge in [-0.05, 0) is 36.4 Å². The minimum atomic E-state index is -0.636. The molecule has 0 unspecified atom stereocenters. The third-order valence-corrected chi connectivity index (χ3v) is 6.26. The SMILES string of the molecule is COC(=O)C1=C(C(=O)OC)N(c2ccc(-c3nc(CN4CCOCC4)cs3)cc2)C=CC=C1. The summed E-state index contributed by atoms with van der Waals surface area (Å²) in [6.45, 7) is 4.18. The van der Waals surface area contributed by atoms with Crippen molar-refractivity contribution in [2.45, 2.75) is 6.54 Å². The molecule has 172 valence electrons. The molecule has 3 heterocycles. The van der Waals surface area contributed by atoms with Gasteiger partial charge in [-0.2, -0.15) is 0 Å². The number of esters is 2. The molecule has 1 aromatic heterocycles. The Morgan fingerprint density at radius 2 is 1.79 bits per heavy atom. The third-order valence-electron chi connectivity index (χ3n) is 5.32. The average molecular weight is 468 g/mol. The number of methoxy groups -OCH3 is 2. The molecule has 0 spiro atoms. The highest BCUT2D eigenvalue weighted by molar-refractivity contribution is 7.13. The third kappa shape index (κ3) is 5.22. The van der Waals surface area contributed by atoms with Gasteiger partial charge < -0.3 is 19.1 Å². The van der Waals surface area contributed by atoms with Crippen molar-refractivity contribution in [3.63, 3.8) is 0 Å². The maximum Gasteiger partial charge on any atom is 0.355 e. The number of rotatable bonds is 6. The highest BCUT2D eigenvalue weighted by atomic mass is 32.1. The Kier molecular flexibility index (Phi) is 7.33. The summed E-state index contributed by atoms with van der Waals surface area (Å²) in [4.78, 5) is 33.6. The molecule has 8 nitrogen and oxygen atoms in total. The lowest BCUT2D eigenvalue weighted by Crippen LogP contribution is -2.35. The normalized spacial score (nSPS) is 16.6. The number of carbonyl (C=O) groups excluding carboxylic acids is 2. The van der Waals surface area contributed by atoms with Gasteiger partial charge in [0.15, 0.2) is 0 Å². The molecule has 2 aliphatic rings. The number of anilines is 1. The van der Waals surface area contributed by atoms with E-state index in [1.54, 1.807) is 34.6 Å². The molecule has 0 saturated carbocycles. The molecule has 0 radical (unpaired) electrons. The Morgan fingerprint density at radius 3 is 2.48 bits per heavy atom. The van der Waals surface area contributed by atoms with Crippen molar-refractivity contribution >= 4 is 29.0 Å². The fraction of sp³-hybridized carbons (Fsp3) is 0.292. The summed E-state index contributed by atoms with van der Waals surface area (Å²) in [5.74, 6) is -1.25. The Bertz CT molecular complexity index is 1100. The lowest BCUT2D eigenvalue weighted by Gasteiger charge is -2.25. The summed E-state index contributed by atoms with van der Waals surface area (Å²) in [5.41, 5.74) is 2.92. The van der Waals surface area contributed by atoms with Gasteiger partial charge in [0.05, 0.1) is 38.7 Å². The van der Waals surface area contributed by atoms with Gasteiger partial charge in [0.25, 0.3) is 0 Å². The highest BCUT2D eigenvalue weighted by Gasteiger charge is 2.27. The van der Waals surface area contributed by atoms with E-state index in [1.165, 1.54) is 20.3 Å². The number of thiazole rings is 1. The topological polar surface area (TPSA) is 81.2 Å². The zero-order valence-corrected chi connectivity index (χ0v) is 19.3. The van der Waals surface area contributed by atoms with Gasteiger partial charge >= 0.3 is 11.9 Å². The van der Waals surface area contributed by atoms with Crippen LogP contribution < -0.4 is 4.90 Å². The number of aromatic nitrogens is 1. The van der Waals surface area contributed by atoms with Gasteiger partial charge in [0.1, 0.15) is 10.7 Å². The standard InChI is InChI=1S/C24H25N3O5S/c1-30-23(28)20-5-3-4-10-27(21(20)24(29)31-2)19-8-6-17(7-9-19)22-25-18(16-33-22)15-26-11-13-32-14-12-26/h3-10,16H,11-15H2,1-2H3. The van der Waals surface area contributed by atoms with E-state index in [9.17, 15) is 9.59 Å². The van der Waals surface area contributed by atoms with Crippen LogP contribution in [-0.2, 0) is 30.3 Å². The minimum Gasteiger partial charge on any atom is -0.465 e. The Labute approximate surface area is 196 Å². The van der Waals surface area contributed by atoms with Gasteiger partial charge in [-0.3, -0.25) is 4.90 Å². The molecule has 9 heteroatoms. The van der Waals surface area contributed by atoms with Crippen molar-refractivity contribution in [2.24, 2.45) is 0 Å². The summed E-state index contributed by atoms with van der Waals surface area (Å²) in [6.07, 6.45) is 6.66. The second kappa shape index (κ2) is 10.6. The zero-order chi connectivity index (χ0) is 23.2. The fourth-order valence-corrected chi connectivity index (χ4v) is 4.45. The summed E-state index contributed by atoms with van der Waals surface area (Å²) in [5, 5.41) is 3.01. The first-order valence-corrected chi connectivity index (χ1v) is 11.4. The summed E-state index contributed by atoms with van der Waals surface area (Å²) >= 11 is 1.60. The molecular formula is C24H25N3O5S. The van der Waals surface area contributed by atoms with E-state index in [1.807, 2.05) is 24.3 Å². The molecule has 0 bridgehead atoms. The molecule has 2 aliphatic heterocycles. The van der Waals surface area contributed by atoms with E-state index in [2.05, 4.69) is 10.3 Å². The van der Waals surface area contributed by atoms with Crippen LogP contribution in [0.1, 0.15) is 5.69 Å². The monoisotopic (exact) mass is 467 g/mol. The lowest BCUT2D eigenvalue weighted by atomic mass is 10.1. The van der Waals surface area contributed by atoms with Crippen LogP contribution in [0.25, 0.3) is 10.6 Å². The van der Waals surface area contributed by atoms with Crippen LogP contribution in [0.3, 0.4) is 0 Å². The van der Waals surface area contributed by atoms with Gasteiger partial charge in [0.2, 0.25) is 0 Å². The van der Waals surface area contributed by atoms with Crippen molar-refractivity contribution in [1.29, 1.82) is 0 Å². The van der Waals surface area contributed by atoms with Crippen LogP contribution in [0.2, 0.25) is 0 Å². The van der Waals surface area contributed by atoms with E-state index in [-0.39, 0.29) is 11.3 Å². The maximum absolute atomic E-state index is 12.6. The molecule has 4 rings (SSSR count). The predicted molar refractivity (Wildman–Crippen MR) is 125 cm³/mol. The van der Waals surface area contributed by atoms with Gasteiger partial charge in [-0.1, -0.05) is 6.08 Å². The largest absolute Gasteiger partial charge is 0.465 e. The van der Waals surface area contributed by atoms with Crippen LogP contribution in [0.4, 0.5) is 5.69 Å². The first-order valence-electron chi connectivity index (χ1n) is 10.5. The molecule has 0 aliphatic carbocycles. The Balaban J connectivity index is 1.58. The van der Waals surface area contributed by atoms with Gasteiger partial charge in [-0.15, -0.1) is 11.3 Å². The maximum atomic E-state index is 12.6. The van der Waals surface area contributed by atoms with Gasteiger partial charge in [-0.25, -0.2) is 14.6 Å². The van der Waals surface area contributed by atoms with E-state index < -0.39 is 11.9 Å². The number of morpholine rings is 1. The van der Waals surface area contributed by atoms with Crippen LogP contribution in [0, 0.1) is 0 Å². The van der Waals surface area contributed by atoms with Crippen LogP contribution >= 0.6 is 11.3 Å². The zero-order valence-electron chi connectivity index (χ0n) is 18.5.